The van der Waals surface area contributed by atoms with Crippen molar-refractivity contribution in [2.75, 3.05) is 25.0 Å². The first-order chi connectivity index (χ1) is 10.3. The molecule has 0 aromatic carbocycles. The summed E-state index contributed by atoms with van der Waals surface area (Å²) in [4.78, 5) is 18.3. The molecule has 0 aliphatic carbocycles. The Kier molecular flexibility index (Phi) is 4.52. The third-order valence-electron chi connectivity index (χ3n) is 3.66. The van der Waals surface area contributed by atoms with E-state index in [0.717, 1.165) is 19.5 Å². The fourth-order valence-corrected chi connectivity index (χ4v) is 3.16. The maximum absolute atomic E-state index is 12.0. The van der Waals surface area contributed by atoms with Gasteiger partial charge < -0.3 is 0 Å². The van der Waals surface area contributed by atoms with Gasteiger partial charge in [0.05, 0.1) is 6.54 Å². The van der Waals surface area contributed by atoms with E-state index in [1.54, 1.807) is 5.51 Å². The van der Waals surface area contributed by atoms with Crippen molar-refractivity contribution in [1.29, 1.82) is 0 Å². The highest BCUT2D eigenvalue weighted by Crippen LogP contribution is 2.26. The number of likely N-dealkylation sites (tertiary alicyclic amines) is 1. The van der Waals surface area contributed by atoms with E-state index in [1.165, 1.54) is 23.3 Å². The Labute approximate surface area is 127 Å². The van der Waals surface area contributed by atoms with Crippen LogP contribution in [0.3, 0.4) is 0 Å². The van der Waals surface area contributed by atoms with Crippen molar-refractivity contribution < 1.29 is 4.79 Å². The third-order valence-corrected chi connectivity index (χ3v) is 4.26. The molecule has 110 valence electrons. The zero-order valence-electron chi connectivity index (χ0n) is 11.6. The van der Waals surface area contributed by atoms with Crippen LogP contribution in [-0.4, -0.2) is 45.6 Å². The first-order valence-electron chi connectivity index (χ1n) is 6.99. The van der Waals surface area contributed by atoms with Gasteiger partial charge in [-0.2, -0.15) is 0 Å². The summed E-state index contributed by atoms with van der Waals surface area (Å²) in [6.45, 7) is 2.28. The number of nitrogens with one attached hydrogen (secondary N) is 1. The van der Waals surface area contributed by atoms with Gasteiger partial charge in [-0.25, -0.2) is 0 Å². The van der Waals surface area contributed by atoms with E-state index in [1.807, 2.05) is 12.4 Å². The van der Waals surface area contributed by atoms with Gasteiger partial charge in [0.15, 0.2) is 0 Å². The van der Waals surface area contributed by atoms with E-state index in [2.05, 4.69) is 37.5 Å². The van der Waals surface area contributed by atoms with E-state index >= 15 is 0 Å². The quantitative estimate of drug-likeness (QED) is 0.932. The summed E-state index contributed by atoms with van der Waals surface area (Å²) in [5, 5.41) is 10.9. The molecule has 1 unspecified atom stereocenters. The normalized spacial score (nSPS) is 19.3. The summed E-state index contributed by atoms with van der Waals surface area (Å²) in [6.07, 6.45) is 5.94. The Balaban J connectivity index is 1.55. The van der Waals surface area contributed by atoms with Crippen molar-refractivity contribution in [3.05, 3.63) is 35.6 Å². The molecule has 1 fully saturated rings. The molecular weight excluding hydrogens is 286 g/mol. The molecule has 1 N–H and O–H groups in total. The lowest BCUT2D eigenvalue weighted by Gasteiger charge is -2.32. The minimum Gasteiger partial charge on any atom is -0.299 e. The Morgan fingerprint density at radius 1 is 1.43 bits per heavy atom. The van der Waals surface area contributed by atoms with E-state index in [0.29, 0.717) is 17.6 Å². The number of rotatable bonds is 4. The zero-order valence-corrected chi connectivity index (χ0v) is 12.4. The van der Waals surface area contributed by atoms with Crippen molar-refractivity contribution in [3.63, 3.8) is 0 Å². The molecule has 0 spiro atoms. The molecular formula is C14H17N5OS. The highest BCUT2D eigenvalue weighted by molar-refractivity contribution is 7.13. The smallest absolute Gasteiger partial charge is 0.240 e. The van der Waals surface area contributed by atoms with Crippen molar-refractivity contribution in [2.45, 2.75) is 18.8 Å². The van der Waals surface area contributed by atoms with Gasteiger partial charge in [-0.05, 0) is 43.0 Å². The maximum atomic E-state index is 12.0. The second-order valence-electron chi connectivity index (χ2n) is 5.15. The maximum Gasteiger partial charge on any atom is 0.240 e. The van der Waals surface area contributed by atoms with Crippen LogP contribution in [0.1, 0.15) is 24.3 Å². The van der Waals surface area contributed by atoms with Crippen LogP contribution in [0, 0.1) is 0 Å². The largest absolute Gasteiger partial charge is 0.299 e. The monoisotopic (exact) mass is 303 g/mol. The lowest BCUT2D eigenvalue weighted by molar-refractivity contribution is -0.117. The van der Waals surface area contributed by atoms with Crippen LogP contribution in [0.2, 0.25) is 0 Å². The summed E-state index contributed by atoms with van der Waals surface area (Å²) in [5.41, 5.74) is 2.91. The van der Waals surface area contributed by atoms with Gasteiger partial charge in [0.25, 0.3) is 0 Å². The number of nitrogens with zero attached hydrogens (tertiary/aromatic N) is 4. The minimum atomic E-state index is -0.0258. The fourth-order valence-electron chi connectivity index (χ4n) is 2.70. The molecule has 21 heavy (non-hydrogen) atoms. The second-order valence-corrected chi connectivity index (χ2v) is 5.98. The molecule has 1 aliphatic heterocycles. The Hall–Kier alpha value is -1.86. The molecule has 1 saturated heterocycles. The molecule has 2 aromatic rings. The molecule has 0 bridgehead atoms. The van der Waals surface area contributed by atoms with E-state index in [9.17, 15) is 4.79 Å². The van der Waals surface area contributed by atoms with Crippen molar-refractivity contribution in [3.8, 4) is 0 Å². The molecule has 2 aromatic heterocycles. The Bertz CT molecular complexity index is 574. The Morgan fingerprint density at radius 2 is 2.29 bits per heavy atom. The molecule has 6 nitrogen and oxygen atoms in total. The molecule has 3 rings (SSSR count). The third kappa shape index (κ3) is 3.83. The number of aromatic nitrogens is 3. The van der Waals surface area contributed by atoms with Crippen LogP contribution in [0.4, 0.5) is 5.13 Å². The first-order valence-corrected chi connectivity index (χ1v) is 7.87. The van der Waals surface area contributed by atoms with Crippen molar-refractivity contribution in [1.82, 2.24) is 20.1 Å². The number of anilines is 1. The van der Waals surface area contributed by atoms with Gasteiger partial charge in [-0.3, -0.25) is 20.0 Å². The van der Waals surface area contributed by atoms with Crippen LogP contribution in [0.15, 0.2) is 30.0 Å². The molecule has 0 radical (unpaired) electrons. The summed E-state index contributed by atoms with van der Waals surface area (Å²) in [7, 11) is 0. The average Bonchev–Trinajstić information content (AvgIpc) is 3.01. The predicted molar refractivity (Wildman–Crippen MR) is 81.2 cm³/mol. The lowest BCUT2D eigenvalue weighted by Crippen LogP contribution is -2.39. The Morgan fingerprint density at radius 3 is 3.05 bits per heavy atom. The number of carbonyl (C=O) groups excluding carboxylic acids is 1. The van der Waals surface area contributed by atoms with Crippen LogP contribution in [0.5, 0.6) is 0 Å². The first kappa shape index (κ1) is 14.1. The van der Waals surface area contributed by atoms with Gasteiger partial charge in [-0.15, -0.1) is 10.2 Å². The summed E-state index contributed by atoms with van der Waals surface area (Å²) in [6, 6.07) is 4.13. The van der Waals surface area contributed by atoms with Gasteiger partial charge in [-0.1, -0.05) is 11.3 Å². The predicted octanol–water partition coefficient (Wildman–Crippen LogP) is 1.75. The highest BCUT2D eigenvalue weighted by atomic mass is 32.1. The topological polar surface area (TPSA) is 71.0 Å². The number of carbonyl (C=O) groups is 1. The van der Waals surface area contributed by atoms with Gasteiger partial charge in [0.1, 0.15) is 5.51 Å². The number of hydrogen-bond donors (Lipinski definition) is 1. The number of piperidine rings is 1. The minimum absolute atomic E-state index is 0.0258. The molecule has 1 aliphatic rings. The molecule has 3 heterocycles. The number of pyridine rings is 1. The molecule has 1 amide bonds. The van der Waals surface area contributed by atoms with Crippen molar-refractivity contribution in [2.24, 2.45) is 0 Å². The molecule has 0 saturated carbocycles. The summed E-state index contributed by atoms with van der Waals surface area (Å²) in [5.74, 6) is 0.457. The SMILES string of the molecule is O=C(CN1CCCC(c2ccncc2)C1)Nc1nncs1. The van der Waals surface area contributed by atoms with Gasteiger partial charge >= 0.3 is 0 Å². The van der Waals surface area contributed by atoms with E-state index in [-0.39, 0.29) is 5.91 Å². The van der Waals surface area contributed by atoms with Crippen LogP contribution >= 0.6 is 11.3 Å². The molecule has 1 atom stereocenters. The second kappa shape index (κ2) is 6.73. The van der Waals surface area contributed by atoms with Crippen molar-refractivity contribution >= 4 is 22.4 Å². The highest BCUT2D eigenvalue weighted by Gasteiger charge is 2.22. The fraction of sp³-hybridized carbons (Fsp3) is 0.429. The molecule has 7 heteroatoms. The van der Waals surface area contributed by atoms with Crippen LogP contribution in [0.25, 0.3) is 0 Å². The average molecular weight is 303 g/mol. The summed E-state index contributed by atoms with van der Waals surface area (Å²) < 4.78 is 0. The number of amides is 1. The summed E-state index contributed by atoms with van der Waals surface area (Å²) >= 11 is 1.33. The van der Waals surface area contributed by atoms with E-state index < -0.39 is 0 Å². The zero-order chi connectivity index (χ0) is 14.5. The van der Waals surface area contributed by atoms with Crippen LogP contribution in [-0.2, 0) is 4.79 Å². The number of hydrogen-bond acceptors (Lipinski definition) is 6. The lowest BCUT2D eigenvalue weighted by atomic mass is 9.91. The van der Waals surface area contributed by atoms with E-state index in [4.69, 9.17) is 0 Å². The van der Waals surface area contributed by atoms with Gasteiger partial charge in [0, 0.05) is 18.9 Å². The van der Waals surface area contributed by atoms with Gasteiger partial charge in [0.2, 0.25) is 11.0 Å². The van der Waals surface area contributed by atoms with Crippen LogP contribution < -0.4 is 5.32 Å². The standard InChI is InChI=1S/C14H17N5OS/c20-13(17-14-18-16-10-21-14)9-19-7-1-2-12(8-19)11-3-5-15-6-4-11/h3-6,10,12H,1-2,7-9H2,(H,17,18,20).